The molecule has 0 bridgehead atoms. The highest BCUT2D eigenvalue weighted by molar-refractivity contribution is 6.01. The van der Waals surface area contributed by atoms with E-state index in [0.29, 0.717) is 5.78 Å². The lowest BCUT2D eigenvalue weighted by Gasteiger charge is -2.03. The lowest BCUT2D eigenvalue weighted by atomic mass is 9.99. The van der Waals surface area contributed by atoms with Crippen molar-refractivity contribution in [3.63, 3.8) is 0 Å². The maximum Gasteiger partial charge on any atom is 0.170 e. The first-order chi connectivity index (χ1) is 5.62. The monoisotopic (exact) mass is 163 g/mol. The highest BCUT2D eigenvalue weighted by Crippen LogP contribution is 2.47. The van der Waals surface area contributed by atoms with Crippen LogP contribution in [0.4, 0.5) is 0 Å². The quantitative estimate of drug-likeness (QED) is 0.611. The Labute approximate surface area is 72.2 Å². The highest BCUT2D eigenvalue weighted by Gasteiger charge is 2.45. The number of rotatable bonds is 2. The smallest absolute Gasteiger partial charge is 0.170 e. The van der Waals surface area contributed by atoms with E-state index in [4.69, 9.17) is 0 Å². The summed E-state index contributed by atoms with van der Waals surface area (Å²) >= 11 is 0. The van der Waals surface area contributed by atoms with Crippen LogP contribution in [0.2, 0.25) is 0 Å². The van der Waals surface area contributed by atoms with Gasteiger partial charge in [-0.25, -0.2) is 0 Å². The van der Waals surface area contributed by atoms with Crippen LogP contribution in [-0.4, -0.2) is 10.4 Å². The third-order valence-electron chi connectivity index (χ3n) is 2.64. The van der Waals surface area contributed by atoms with E-state index in [-0.39, 0.29) is 5.41 Å². The van der Waals surface area contributed by atoms with Gasteiger partial charge in [-0.3, -0.25) is 4.79 Å². The molecule has 0 spiro atoms. The minimum atomic E-state index is -0.0264. The summed E-state index contributed by atoms with van der Waals surface area (Å²) in [5.41, 5.74) is 0.832. The number of carbonyl (C=O) groups excluding carboxylic acids is 1. The van der Waals surface area contributed by atoms with Gasteiger partial charge in [-0.15, -0.1) is 0 Å². The predicted molar refractivity (Wildman–Crippen MR) is 47.1 cm³/mol. The number of Topliss-reactive ketones (excluding diaryl/α,β-unsaturated/α-hetero) is 1. The molecule has 1 saturated carbocycles. The van der Waals surface area contributed by atoms with Gasteiger partial charge in [-0.1, -0.05) is 6.92 Å². The van der Waals surface area contributed by atoms with E-state index < -0.39 is 0 Å². The average Bonchev–Trinajstić information content (AvgIpc) is 2.62. The molecule has 2 rings (SSSR count). The summed E-state index contributed by atoms with van der Waals surface area (Å²) in [4.78, 5) is 11.7. The minimum absolute atomic E-state index is 0.0264. The SMILES string of the molecule is Cn1ccc(C(=O)C2(C)CC2)c1. The Bertz CT molecular complexity index is 320. The molecule has 12 heavy (non-hydrogen) atoms. The molecule has 1 heterocycles. The zero-order valence-corrected chi connectivity index (χ0v) is 7.50. The maximum absolute atomic E-state index is 11.7. The standard InChI is InChI=1S/C10H13NO/c1-10(4-5-10)9(12)8-3-6-11(2)7-8/h3,6-7H,4-5H2,1-2H3. The molecule has 1 aliphatic rings. The Morgan fingerprint density at radius 1 is 1.58 bits per heavy atom. The first kappa shape index (κ1) is 7.59. The Balaban J connectivity index is 2.25. The van der Waals surface area contributed by atoms with Crippen LogP contribution < -0.4 is 0 Å². The van der Waals surface area contributed by atoms with E-state index in [2.05, 4.69) is 0 Å². The molecule has 1 aromatic rings. The van der Waals surface area contributed by atoms with Gasteiger partial charge in [0.05, 0.1) is 0 Å². The Morgan fingerprint density at radius 2 is 2.25 bits per heavy atom. The molecule has 1 fully saturated rings. The van der Waals surface area contributed by atoms with E-state index in [0.717, 1.165) is 18.4 Å². The first-order valence-electron chi connectivity index (χ1n) is 4.29. The maximum atomic E-state index is 11.7. The summed E-state index contributed by atoms with van der Waals surface area (Å²) in [6, 6.07) is 1.89. The second-order valence-electron chi connectivity index (χ2n) is 3.96. The van der Waals surface area contributed by atoms with Crippen LogP contribution in [0.1, 0.15) is 30.1 Å². The summed E-state index contributed by atoms with van der Waals surface area (Å²) < 4.78 is 1.92. The highest BCUT2D eigenvalue weighted by atomic mass is 16.1. The van der Waals surface area contributed by atoms with E-state index in [1.54, 1.807) is 0 Å². The number of nitrogens with zero attached hydrogens (tertiary/aromatic N) is 1. The van der Waals surface area contributed by atoms with Crippen molar-refractivity contribution in [3.05, 3.63) is 24.0 Å². The molecule has 0 radical (unpaired) electrons. The van der Waals surface area contributed by atoms with Crippen molar-refractivity contribution in [2.75, 3.05) is 0 Å². The molecule has 0 amide bonds. The molecule has 0 atom stereocenters. The second kappa shape index (κ2) is 2.22. The van der Waals surface area contributed by atoms with E-state index in [9.17, 15) is 4.79 Å². The van der Waals surface area contributed by atoms with Gasteiger partial charge in [0.1, 0.15) is 0 Å². The molecular weight excluding hydrogens is 150 g/mol. The minimum Gasteiger partial charge on any atom is -0.357 e. The van der Waals surface area contributed by atoms with Crippen LogP contribution in [0.15, 0.2) is 18.5 Å². The van der Waals surface area contributed by atoms with Crippen LogP contribution in [0.3, 0.4) is 0 Å². The lowest BCUT2D eigenvalue weighted by molar-refractivity contribution is 0.0912. The Kier molecular flexibility index (Phi) is 1.40. The normalized spacial score (nSPS) is 19.2. The van der Waals surface area contributed by atoms with E-state index in [1.807, 2.05) is 37.0 Å². The third-order valence-corrected chi connectivity index (χ3v) is 2.64. The van der Waals surface area contributed by atoms with Gasteiger partial charge < -0.3 is 4.57 Å². The molecular formula is C10H13NO. The van der Waals surface area contributed by atoms with E-state index in [1.165, 1.54) is 0 Å². The van der Waals surface area contributed by atoms with Gasteiger partial charge in [0.25, 0.3) is 0 Å². The lowest BCUT2D eigenvalue weighted by Crippen LogP contribution is -2.10. The number of carbonyl (C=O) groups is 1. The second-order valence-corrected chi connectivity index (χ2v) is 3.96. The molecule has 2 heteroatoms. The van der Waals surface area contributed by atoms with Gasteiger partial charge in [-0.2, -0.15) is 0 Å². The summed E-state index contributed by atoms with van der Waals surface area (Å²) in [5.74, 6) is 0.308. The van der Waals surface area contributed by atoms with Crippen molar-refractivity contribution in [2.24, 2.45) is 12.5 Å². The molecule has 0 unspecified atom stereocenters. The van der Waals surface area contributed by atoms with Crippen LogP contribution in [-0.2, 0) is 7.05 Å². The first-order valence-corrected chi connectivity index (χ1v) is 4.29. The van der Waals surface area contributed by atoms with Crippen molar-refractivity contribution in [3.8, 4) is 0 Å². The van der Waals surface area contributed by atoms with Crippen LogP contribution in [0.5, 0.6) is 0 Å². The van der Waals surface area contributed by atoms with Gasteiger partial charge in [0.15, 0.2) is 5.78 Å². The fraction of sp³-hybridized carbons (Fsp3) is 0.500. The number of aryl methyl sites for hydroxylation is 1. The molecule has 0 aliphatic heterocycles. The fourth-order valence-corrected chi connectivity index (χ4v) is 1.40. The van der Waals surface area contributed by atoms with Gasteiger partial charge in [-0.05, 0) is 18.9 Å². The van der Waals surface area contributed by atoms with E-state index >= 15 is 0 Å². The number of hydrogen-bond acceptors (Lipinski definition) is 1. The summed E-state index contributed by atoms with van der Waals surface area (Å²) in [7, 11) is 1.94. The fourth-order valence-electron chi connectivity index (χ4n) is 1.40. The van der Waals surface area contributed by atoms with Crippen molar-refractivity contribution in [1.29, 1.82) is 0 Å². The number of aromatic nitrogens is 1. The van der Waals surface area contributed by atoms with Gasteiger partial charge in [0, 0.05) is 30.4 Å². The molecule has 0 N–H and O–H groups in total. The van der Waals surface area contributed by atoms with Crippen molar-refractivity contribution in [1.82, 2.24) is 4.57 Å². The summed E-state index contributed by atoms with van der Waals surface area (Å²) in [5, 5.41) is 0. The van der Waals surface area contributed by atoms with Gasteiger partial charge >= 0.3 is 0 Å². The van der Waals surface area contributed by atoms with Crippen LogP contribution >= 0.6 is 0 Å². The van der Waals surface area contributed by atoms with Crippen LogP contribution in [0, 0.1) is 5.41 Å². The number of ketones is 1. The molecule has 64 valence electrons. The molecule has 1 aromatic heterocycles. The zero-order valence-electron chi connectivity index (χ0n) is 7.50. The zero-order chi connectivity index (χ0) is 8.77. The summed E-state index contributed by atoms with van der Waals surface area (Å²) in [6.45, 7) is 2.04. The predicted octanol–water partition coefficient (Wildman–Crippen LogP) is 2.01. The number of hydrogen-bond donors (Lipinski definition) is 0. The molecule has 0 aromatic carbocycles. The molecule has 0 saturated heterocycles. The largest absolute Gasteiger partial charge is 0.357 e. The van der Waals surface area contributed by atoms with Crippen molar-refractivity contribution in [2.45, 2.75) is 19.8 Å². The average molecular weight is 163 g/mol. The van der Waals surface area contributed by atoms with Crippen molar-refractivity contribution >= 4 is 5.78 Å². The Morgan fingerprint density at radius 3 is 2.67 bits per heavy atom. The molecule has 1 aliphatic carbocycles. The van der Waals surface area contributed by atoms with Gasteiger partial charge in [0.2, 0.25) is 0 Å². The van der Waals surface area contributed by atoms with Crippen molar-refractivity contribution < 1.29 is 4.79 Å². The topological polar surface area (TPSA) is 22.0 Å². The third kappa shape index (κ3) is 1.07. The van der Waals surface area contributed by atoms with Crippen LogP contribution in [0.25, 0.3) is 0 Å². The Hall–Kier alpha value is -1.05. The summed E-state index contributed by atoms with van der Waals surface area (Å²) in [6.07, 6.45) is 5.92. The molecule has 2 nitrogen and oxygen atoms in total.